The molecule has 1 aromatic heterocycles. The van der Waals surface area contributed by atoms with Gasteiger partial charge in [-0.1, -0.05) is 18.6 Å². The molecule has 2 fully saturated rings. The Balaban J connectivity index is 1.54. The topological polar surface area (TPSA) is 64.2 Å². The van der Waals surface area contributed by atoms with E-state index in [-0.39, 0.29) is 11.9 Å². The molecule has 5 nitrogen and oxygen atoms in total. The predicted molar refractivity (Wildman–Crippen MR) is 109 cm³/mol. The molecule has 1 aliphatic carbocycles. The van der Waals surface area contributed by atoms with Crippen LogP contribution >= 0.6 is 0 Å². The molecule has 1 saturated carbocycles. The Kier molecular flexibility index (Phi) is 5.22. The number of carbonyl (C=O) groups excluding carboxylic acids is 1. The highest BCUT2D eigenvalue weighted by Crippen LogP contribution is 2.33. The van der Waals surface area contributed by atoms with Gasteiger partial charge < -0.3 is 15.2 Å². The highest BCUT2D eigenvalue weighted by molar-refractivity contribution is 5.77. The summed E-state index contributed by atoms with van der Waals surface area (Å²) in [6, 6.07) is 8.93. The van der Waals surface area contributed by atoms with Gasteiger partial charge in [-0.2, -0.15) is 0 Å². The number of rotatable bonds is 4. The van der Waals surface area contributed by atoms with E-state index in [2.05, 4.69) is 41.5 Å². The SMILES string of the molecule is CC(C)n1c(C2CCCN(C(=O)C[C@@H]3CCC[C@H]3N)C2)nc2ccccc21. The number of hydrogen-bond acceptors (Lipinski definition) is 3. The van der Waals surface area contributed by atoms with Crippen molar-refractivity contribution in [3.63, 3.8) is 0 Å². The lowest BCUT2D eigenvalue weighted by atomic mass is 9.94. The van der Waals surface area contributed by atoms with E-state index >= 15 is 0 Å². The number of benzene rings is 1. The number of aromatic nitrogens is 2. The molecule has 1 aliphatic heterocycles. The number of carbonyl (C=O) groups is 1. The maximum Gasteiger partial charge on any atom is 0.222 e. The van der Waals surface area contributed by atoms with E-state index in [1.165, 1.54) is 11.9 Å². The van der Waals surface area contributed by atoms with Crippen LogP contribution in [0.25, 0.3) is 11.0 Å². The molecule has 2 heterocycles. The van der Waals surface area contributed by atoms with Gasteiger partial charge in [-0.05, 0) is 57.6 Å². The number of hydrogen-bond donors (Lipinski definition) is 1. The summed E-state index contributed by atoms with van der Waals surface area (Å²) in [4.78, 5) is 20.0. The van der Waals surface area contributed by atoms with E-state index in [1.807, 2.05) is 6.07 Å². The number of piperidine rings is 1. The quantitative estimate of drug-likeness (QED) is 0.892. The zero-order chi connectivity index (χ0) is 19.0. The molecule has 1 saturated heterocycles. The minimum atomic E-state index is 0.208. The van der Waals surface area contributed by atoms with E-state index in [4.69, 9.17) is 10.7 Å². The lowest BCUT2D eigenvalue weighted by Crippen LogP contribution is -2.41. The van der Waals surface area contributed by atoms with Crippen LogP contribution in [0.2, 0.25) is 0 Å². The number of para-hydroxylation sites is 2. The van der Waals surface area contributed by atoms with E-state index in [9.17, 15) is 4.79 Å². The van der Waals surface area contributed by atoms with Crippen LogP contribution in [0.3, 0.4) is 0 Å². The van der Waals surface area contributed by atoms with Crippen molar-refractivity contribution in [2.75, 3.05) is 13.1 Å². The van der Waals surface area contributed by atoms with Crippen LogP contribution in [0, 0.1) is 5.92 Å². The summed E-state index contributed by atoms with van der Waals surface area (Å²) in [7, 11) is 0. The highest BCUT2D eigenvalue weighted by atomic mass is 16.2. The maximum atomic E-state index is 12.9. The van der Waals surface area contributed by atoms with E-state index in [0.717, 1.165) is 50.1 Å². The first-order chi connectivity index (χ1) is 13.0. The Morgan fingerprint density at radius 3 is 2.78 bits per heavy atom. The summed E-state index contributed by atoms with van der Waals surface area (Å²) in [5.41, 5.74) is 8.44. The number of nitrogens with two attached hydrogens (primary N) is 1. The molecule has 146 valence electrons. The van der Waals surface area contributed by atoms with E-state index in [0.29, 0.717) is 24.3 Å². The molecular formula is C22H32N4O. The van der Waals surface area contributed by atoms with Crippen molar-refractivity contribution in [1.29, 1.82) is 0 Å². The molecular weight excluding hydrogens is 336 g/mol. The molecule has 1 amide bonds. The number of likely N-dealkylation sites (tertiary alicyclic amines) is 1. The van der Waals surface area contributed by atoms with Crippen molar-refractivity contribution in [2.24, 2.45) is 11.7 Å². The number of amides is 1. The second-order valence-electron chi connectivity index (χ2n) is 8.66. The third-order valence-electron chi connectivity index (χ3n) is 6.43. The number of nitrogens with zero attached hydrogens (tertiary/aromatic N) is 3. The Labute approximate surface area is 161 Å². The Hall–Kier alpha value is -1.88. The van der Waals surface area contributed by atoms with Gasteiger partial charge in [0.25, 0.3) is 0 Å². The monoisotopic (exact) mass is 368 g/mol. The van der Waals surface area contributed by atoms with Crippen LogP contribution in [0.5, 0.6) is 0 Å². The first-order valence-corrected chi connectivity index (χ1v) is 10.5. The van der Waals surface area contributed by atoms with Crippen LogP contribution < -0.4 is 5.73 Å². The van der Waals surface area contributed by atoms with E-state index in [1.54, 1.807) is 0 Å². The fourth-order valence-electron chi connectivity index (χ4n) is 4.98. The molecule has 0 spiro atoms. The summed E-state index contributed by atoms with van der Waals surface area (Å²) in [5, 5.41) is 0. The van der Waals surface area contributed by atoms with Gasteiger partial charge in [0, 0.05) is 37.5 Å². The van der Waals surface area contributed by atoms with Crippen molar-refractivity contribution >= 4 is 16.9 Å². The van der Waals surface area contributed by atoms with Crippen molar-refractivity contribution in [3.8, 4) is 0 Å². The second-order valence-corrected chi connectivity index (χ2v) is 8.66. The van der Waals surface area contributed by atoms with Gasteiger partial charge in [0.2, 0.25) is 5.91 Å². The Morgan fingerprint density at radius 2 is 2.04 bits per heavy atom. The van der Waals surface area contributed by atoms with Crippen molar-refractivity contribution in [1.82, 2.24) is 14.5 Å². The minimum Gasteiger partial charge on any atom is -0.342 e. The molecule has 4 rings (SSSR count). The minimum absolute atomic E-state index is 0.208. The number of imidazole rings is 1. The van der Waals surface area contributed by atoms with Crippen molar-refractivity contribution < 1.29 is 4.79 Å². The van der Waals surface area contributed by atoms with Gasteiger partial charge in [-0.25, -0.2) is 4.98 Å². The largest absolute Gasteiger partial charge is 0.342 e. The fourth-order valence-corrected chi connectivity index (χ4v) is 4.98. The fraction of sp³-hybridized carbons (Fsp3) is 0.636. The molecule has 0 bridgehead atoms. The highest BCUT2D eigenvalue weighted by Gasteiger charge is 2.32. The standard InChI is InChI=1S/C22H32N4O/c1-15(2)26-20-11-4-3-10-19(20)24-22(26)17-8-6-12-25(14-17)21(27)13-16-7-5-9-18(16)23/h3-4,10-11,15-18H,5-9,12-14,23H2,1-2H3/t16-,17?,18+/m0/s1. The molecule has 5 heteroatoms. The lowest BCUT2D eigenvalue weighted by Gasteiger charge is -2.34. The Bertz CT molecular complexity index is 812. The summed E-state index contributed by atoms with van der Waals surface area (Å²) in [5.74, 6) is 2.11. The first kappa shape index (κ1) is 18.5. The molecule has 1 unspecified atom stereocenters. The average Bonchev–Trinajstić information content (AvgIpc) is 3.25. The molecule has 0 radical (unpaired) electrons. The summed E-state index contributed by atoms with van der Waals surface area (Å²) in [6.07, 6.45) is 6.11. The van der Waals surface area contributed by atoms with Crippen molar-refractivity contribution in [3.05, 3.63) is 30.1 Å². The molecule has 27 heavy (non-hydrogen) atoms. The van der Waals surface area contributed by atoms with Gasteiger partial charge in [-0.3, -0.25) is 4.79 Å². The molecule has 3 atom stereocenters. The predicted octanol–water partition coefficient (Wildman–Crippen LogP) is 3.84. The van der Waals surface area contributed by atoms with Crippen LogP contribution in [-0.4, -0.2) is 39.5 Å². The van der Waals surface area contributed by atoms with E-state index < -0.39 is 0 Å². The van der Waals surface area contributed by atoms with Gasteiger partial charge in [0.1, 0.15) is 5.82 Å². The summed E-state index contributed by atoms with van der Waals surface area (Å²) < 4.78 is 2.36. The lowest BCUT2D eigenvalue weighted by molar-refractivity contribution is -0.133. The van der Waals surface area contributed by atoms with Crippen LogP contribution in [0.15, 0.2) is 24.3 Å². The van der Waals surface area contributed by atoms with Gasteiger partial charge in [0.15, 0.2) is 0 Å². The zero-order valence-corrected chi connectivity index (χ0v) is 16.6. The van der Waals surface area contributed by atoms with Crippen molar-refractivity contribution in [2.45, 2.75) is 70.4 Å². The molecule has 2 N–H and O–H groups in total. The normalized spacial score (nSPS) is 26.2. The molecule has 2 aliphatic rings. The summed E-state index contributed by atoms with van der Waals surface area (Å²) >= 11 is 0. The number of fused-ring (bicyclic) bond motifs is 1. The third-order valence-corrected chi connectivity index (χ3v) is 6.43. The van der Waals surface area contributed by atoms with Gasteiger partial charge in [-0.15, -0.1) is 0 Å². The van der Waals surface area contributed by atoms with Crippen LogP contribution in [0.4, 0.5) is 0 Å². The smallest absolute Gasteiger partial charge is 0.222 e. The molecule has 2 aromatic rings. The first-order valence-electron chi connectivity index (χ1n) is 10.5. The average molecular weight is 369 g/mol. The maximum absolute atomic E-state index is 12.9. The zero-order valence-electron chi connectivity index (χ0n) is 16.6. The van der Waals surface area contributed by atoms with Gasteiger partial charge in [0.05, 0.1) is 11.0 Å². The molecule has 1 aromatic carbocycles. The van der Waals surface area contributed by atoms with Gasteiger partial charge >= 0.3 is 0 Å². The third kappa shape index (κ3) is 3.62. The second kappa shape index (κ2) is 7.63. The summed E-state index contributed by atoms with van der Waals surface area (Å²) in [6.45, 7) is 6.09. The Morgan fingerprint density at radius 1 is 1.22 bits per heavy atom. The van der Waals surface area contributed by atoms with Crippen LogP contribution in [0.1, 0.15) is 70.2 Å². The van der Waals surface area contributed by atoms with Crippen LogP contribution in [-0.2, 0) is 4.79 Å².